The zero-order valence-electron chi connectivity index (χ0n) is 7.42. The third-order valence-electron chi connectivity index (χ3n) is 1.80. The largest absolute Gasteiger partial charge is 0.441 e. The molecule has 0 aliphatic heterocycles. The van der Waals surface area contributed by atoms with Gasteiger partial charge in [0.1, 0.15) is 5.76 Å². The maximum Gasteiger partial charge on any atom is 0.227 e. The van der Waals surface area contributed by atoms with E-state index in [-0.39, 0.29) is 0 Å². The van der Waals surface area contributed by atoms with Gasteiger partial charge in [0.2, 0.25) is 5.89 Å². The van der Waals surface area contributed by atoms with Gasteiger partial charge >= 0.3 is 0 Å². The Hall–Kier alpha value is -0.550. The first-order chi connectivity index (χ1) is 6.68. The third kappa shape index (κ3) is 1.79. The van der Waals surface area contributed by atoms with Crippen LogP contribution in [0.15, 0.2) is 28.8 Å². The quantitative estimate of drug-likeness (QED) is 0.745. The van der Waals surface area contributed by atoms with Crippen molar-refractivity contribution in [2.75, 3.05) is 0 Å². The molecule has 0 saturated carbocycles. The predicted molar refractivity (Wildman–Crippen MR) is 64.4 cm³/mol. The number of nitrogens with zero attached hydrogens (tertiary/aromatic N) is 1. The molecule has 72 valence electrons. The summed E-state index contributed by atoms with van der Waals surface area (Å²) in [4.78, 5) is 4.16. The molecule has 1 aromatic heterocycles. The van der Waals surface area contributed by atoms with Gasteiger partial charge in [-0.15, -0.1) is 0 Å². The Morgan fingerprint density at radius 1 is 1.43 bits per heavy atom. The standard InChI is InChI=1S/C10H7ClINO/c1-6-5-13-10(14-6)7-3-2-4-8(11)9(7)12/h2-5H,1H3. The van der Waals surface area contributed by atoms with E-state index in [0.29, 0.717) is 5.89 Å². The highest BCUT2D eigenvalue weighted by atomic mass is 127. The molecule has 0 spiro atoms. The zero-order chi connectivity index (χ0) is 10.1. The van der Waals surface area contributed by atoms with Crippen LogP contribution in [0.1, 0.15) is 5.76 Å². The van der Waals surface area contributed by atoms with E-state index < -0.39 is 0 Å². The second-order valence-electron chi connectivity index (χ2n) is 2.88. The molecule has 0 fully saturated rings. The smallest absolute Gasteiger partial charge is 0.227 e. The van der Waals surface area contributed by atoms with Crippen LogP contribution < -0.4 is 0 Å². The highest BCUT2D eigenvalue weighted by Crippen LogP contribution is 2.29. The van der Waals surface area contributed by atoms with Crippen molar-refractivity contribution in [2.24, 2.45) is 0 Å². The van der Waals surface area contributed by atoms with Gasteiger partial charge in [0, 0.05) is 3.57 Å². The van der Waals surface area contributed by atoms with Crippen molar-refractivity contribution in [1.82, 2.24) is 4.98 Å². The molecule has 14 heavy (non-hydrogen) atoms. The highest BCUT2D eigenvalue weighted by molar-refractivity contribution is 14.1. The van der Waals surface area contributed by atoms with E-state index in [1.54, 1.807) is 6.20 Å². The van der Waals surface area contributed by atoms with Crippen LogP contribution in [0.5, 0.6) is 0 Å². The van der Waals surface area contributed by atoms with Crippen LogP contribution in [0.2, 0.25) is 5.02 Å². The molecule has 4 heteroatoms. The van der Waals surface area contributed by atoms with Gasteiger partial charge in [0.25, 0.3) is 0 Å². The van der Waals surface area contributed by atoms with E-state index in [1.807, 2.05) is 25.1 Å². The number of halogens is 2. The van der Waals surface area contributed by atoms with Crippen LogP contribution in [0.4, 0.5) is 0 Å². The highest BCUT2D eigenvalue weighted by Gasteiger charge is 2.10. The molecule has 2 nitrogen and oxygen atoms in total. The average molecular weight is 320 g/mol. The summed E-state index contributed by atoms with van der Waals surface area (Å²) >= 11 is 8.18. The van der Waals surface area contributed by atoms with Crippen molar-refractivity contribution >= 4 is 34.2 Å². The molecular weight excluding hydrogens is 312 g/mol. The molecule has 0 N–H and O–H groups in total. The summed E-state index contributed by atoms with van der Waals surface area (Å²) in [6, 6.07) is 5.68. The Balaban J connectivity index is 2.57. The minimum Gasteiger partial charge on any atom is -0.441 e. The van der Waals surface area contributed by atoms with Gasteiger partial charge in [-0.3, -0.25) is 0 Å². The monoisotopic (exact) mass is 319 g/mol. The molecule has 0 saturated heterocycles. The summed E-state index contributed by atoms with van der Waals surface area (Å²) < 4.78 is 6.40. The molecule has 0 aliphatic carbocycles. The van der Waals surface area contributed by atoms with Crippen molar-refractivity contribution in [1.29, 1.82) is 0 Å². The average Bonchev–Trinajstić information content (AvgIpc) is 2.57. The van der Waals surface area contributed by atoms with Crippen molar-refractivity contribution in [3.8, 4) is 11.5 Å². The van der Waals surface area contributed by atoms with Crippen molar-refractivity contribution in [3.63, 3.8) is 0 Å². The minimum atomic E-state index is 0.620. The molecule has 0 aliphatic rings. The van der Waals surface area contributed by atoms with Gasteiger partial charge in [0.15, 0.2) is 0 Å². The zero-order valence-corrected chi connectivity index (χ0v) is 10.3. The third-order valence-corrected chi connectivity index (χ3v) is 3.60. The van der Waals surface area contributed by atoms with Crippen LogP contribution in [-0.4, -0.2) is 4.98 Å². The van der Waals surface area contributed by atoms with Gasteiger partial charge in [-0.25, -0.2) is 4.98 Å². The van der Waals surface area contributed by atoms with Gasteiger partial charge in [-0.1, -0.05) is 17.7 Å². The second-order valence-corrected chi connectivity index (χ2v) is 4.36. The van der Waals surface area contributed by atoms with E-state index in [2.05, 4.69) is 27.6 Å². The van der Waals surface area contributed by atoms with E-state index in [0.717, 1.165) is 19.9 Å². The summed E-state index contributed by atoms with van der Waals surface area (Å²) in [5, 5.41) is 0.721. The minimum absolute atomic E-state index is 0.620. The Morgan fingerprint density at radius 2 is 2.21 bits per heavy atom. The lowest BCUT2D eigenvalue weighted by Gasteiger charge is -2.00. The first-order valence-corrected chi connectivity index (χ1v) is 5.51. The van der Waals surface area contributed by atoms with Crippen LogP contribution in [0.3, 0.4) is 0 Å². The SMILES string of the molecule is Cc1cnc(-c2cccc(Cl)c2I)o1. The predicted octanol–water partition coefficient (Wildman–Crippen LogP) is 3.91. The van der Waals surface area contributed by atoms with Gasteiger partial charge in [0.05, 0.1) is 16.8 Å². The molecule has 0 amide bonds. The van der Waals surface area contributed by atoms with E-state index in [1.165, 1.54) is 0 Å². The van der Waals surface area contributed by atoms with Crippen LogP contribution in [-0.2, 0) is 0 Å². The molecule has 1 heterocycles. The fourth-order valence-corrected chi connectivity index (χ4v) is 1.91. The molecule has 2 rings (SSSR count). The molecule has 2 aromatic rings. The normalized spacial score (nSPS) is 10.5. The topological polar surface area (TPSA) is 26.0 Å². The second kappa shape index (κ2) is 3.90. The van der Waals surface area contributed by atoms with Gasteiger partial charge < -0.3 is 4.42 Å². The van der Waals surface area contributed by atoms with E-state index in [4.69, 9.17) is 16.0 Å². The van der Waals surface area contributed by atoms with E-state index >= 15 is 0 Å². The van der Waals surface area contributed by atoms with Crippen LogP contribution in [0.25, 0.3) is 11.5 Å². The first kappa shape index (κ1) is 9.98. The summed E-state index contributed by atoms with van der Waals surface area (Å²) in [6.45, 7) is 1.87. The van der Waals surface area contributed by atoms with E-state index in [9.17, 15) is 0 Å². The number of hydrogen-bond donors (Lipinski definition) is 0. The van der Waals surface area contributed by atoms with Gasteiger partial charge in [-0.05, 0) is 41.6 Å². The summed E-state index contributed by atoms with van der Waals surface area (Å²) in [5.74, 6) is 1.42. The number of benzene rings is 1. The molecule has 0 atom stereocenters. The molecule has 0 bridgehead atoms. The Labute approximate surface area is 100 Å². The maximum atomic E-state index is 5.99. The Kier molecular flexibility index (Phi) is 2.78. The first-order valence-electron chi connectivity index (χ1n) is 4.05. The Bertz CT molecular complexity index is 467. The number of oxazole rings is 1. The number of hydrogen-bond acceptors (Lipinski definition) is 2. The lowest BCUT2D eigenvalue weighted by atomic mass is 10.2. The number of aromatic nitrogens is 1. The van der Waals surface area contributed by atoms with Crippen LogP contribution >= 0.6 is 34.2 Å². The van der Waals surface area contributed by atoms with Crippen LogP contribution in [0, 0.1) is 10.5 Å². The molecule has 0 unspecified atom stereocenters. The summed E-state index contributed by atoms with van der Waals surface area (Å²) in [6.07, 6.45) is 1.70. The maximum absolute atomic E-state index is 5.99. The lowest BCUT2D eigenvalue weighted by Crippen LogP contribution is -1.83. The lowest BCUT2D eigenvalue weighted by molar-refractivity contribution is 0.542. The van der Waals surface area contributed by atoms with Crippen molar-refractivity contribution < 1.29 is 4.42 Å². The molecule has 1 aromatic carbocycles. The Morgan fingerprint density at radius 3 is 2.86 bits per heavy atom. The van der Waals surface area contributed by atoms with Crippen molar-refractivity contribution in [2.45, 2.75) is 6.92 Å². The fourth-order valence-electron chi connectivity index (χ4n) is 1.15. The van der Waals surface area contributed by atoms with Crippen molar-refractivity contribution in [3.05, 3.63) is 38.7 Å². The fraction of sp³-hybridized carbons (Fsp3) is 0.100. The summed E-state index contributed by atoms with van der Waals surface area (Å²) in [7, 11) is 0. The van der Waals surface area contributed by atoms with Gasteiger partial charge in [-0.2, -0.15) is 0 Å². The number of aryl methyl sites for hydroxylation is 1. The molecule has 0 radical (unpaired) electrons. The summed E-state index contributed by atoms with van der Waals surface area (Å²) in [5.41, 5.74) is 0.936. The number of rotatable bonds is 1. The molecular formula is C10H7ClINO.